The van der Waals surface area contributed by atoms with Gasteiger partial charge in [-0.25, -0.2) is 9.97 Å². The van der Waals surface area contributed by atoms with Crippen LogP contribution in [0.25, 0.3) is 0 Å². The fourth-order valence-corrected chi connectivity index (χ4v) is 3.04. The summed E-state index contributed by atoms with van der Waals surface area (Å²) < 4.78 is 5.73. The Bertz CT molecular complexity index is 815. The highest BCUT2D eigenvalue weighted by atomic mass is 35.5. The molecule has 1 aromatic carbocycles. The molecule has 0 radical (unpaired) electrons. The van der Waals surface area contributed by atoms with Gasteiger partial charge in [-0.15, -0.1) is 0 Å². The summed E-state index contributed by atoms with van der Waals surface area (Å²) in [6, 6.07) is 5.26. The lowest BCUT2D eigenvalue weighted by Gasteiger charge is -2.18. The van der Waals surface area contributed by atoms with Crippen LogP contribution in [0, 0.1) is 0 Å². The van der Waals surface area contributed by atoms with Crippen LogP contribution in [0.4, 0.5) is 11.6 Å². The van der Waals surface area contributed by atoms with Crippen molar-refractivity contribution in [3.63, 3.8) is 0 Å². The minimum atomic E-state index is -0.0428. The van der Waals surface area contributed by atoms with Crippen molar-refractivity contribution in [3.8, 4) is 5.75 Å². The van der Waals surface area contributed by atoms with Crippen LogP contribution >= 0.6 is 11.6 Å². The molecule has 1 amide bonds. The van der Waals surface area contributed by atoms with Crippen molar-refractivity contribution < 1.29 is 9.53 Å². The van der Waals surface area contributed by atoms with Gasteiger partial charge in [0.05, 0.1) is 23.1 Å². The second-order valence-electron chi connectivity index (χ2n) is 7.01. The molecule has 1 atom stereocenters. The second-order valence-corrected chi connectivity index (χ2v) is 7.45. The molecule has 0 spiro atoms. The molecule has 150 valence electrons. The lowest BCUT2D eigenvalue weighted by Crippen LogP contribution is -2.32. The highest BCUT2D eigenvalue weighted by molar-refractivity contribution is 6.30. The molecule has 1 aromatic heterocycles. The Balaban J connectivity index is 1.60. The van der Waals surface area contributed by atoms with Crippen LogP contribution in [0.1, 0.15) is 16.8 Å². The maximum atomic E-state index is 12.9. The molecule has 3 N–H and O–H groups in total. The van der Waals surface area contributed by atoms with Gasteiger partial charge in [-0.05, 0) is 38.7 Å². The molecule has 0 unspecified atom stereocenters. The van der Waals surface area contributed by atoms with Crippen LogP contribution in [0.3, 0.4) is 0 Å². The fraction of sp³-hybridized carbons (Fsp3) is 0.421. The zero-order chi connectivity index (χ0) is 20.1. The molecule has 9 heteroatoms. The summed E-state index contributed by atoms with van der Waals surface area (Å²) in [6.45, 7) is 2.51. The zero-order valence-corrected chi connectivity index (χ0v) is 16.8. The molecular weight excluding hydrogens is 380 g/mol. The molecule has 8 nitrogen and oxygen atoms in total. The van der Waals surface area contributed by atoms with Gasteiger partial charge < -0.3 is 25.6 Å². The van der Waals surface area contributed by atoms with E-state index in [0.717, 1.165) is 13.0 Å². The van der Waals surface area contributed by atoms with E-state index >= 15 is 0 Å². The van der Waals surface area contributed by atoms with Gasteiger partial charge in [0.25, 0.3) is 5.91 Å². The maximum absolute atomic E-state index is 12.9. The van der Waals surface area contributed by atoms with Gasteiger partial charge in [0.15, 0.2) is 0 Å². The number of nitrogens with zero attached hydrogens (tertiary/aromatic N) is 4. The van der Waals surface area contributed by atoms with Gasteiger partial charge in [0, 0.05) is 31.2 Å². The van der Waals surface area contributed by atoms with Crippen LogP contribution in [0.2, 0.25) is 5.02 Å². The van der Waals surface area contributed by atoms with E-state index in [1.807, 2.05) is 23.9 Å². The number of benzene rings is 1. The normalized spacial score (nSPS) is 16.4. The van der Waals surface area contributed by atoms with Crippen LogP contribution in [0.5, 0.6) is 5.75 Å². The predicted octanol–water partition coefficient (Wildman–Crippen LogP) is 1.98. The first-order chi connectivity index (χ1) is 13.4. The molecular formula is C19H25ClN6O2. The number of likely N-dealkylation sites (tertiary alicyclic amines) is 1. The van der Waals surface area contributed by atoms with Gasteiger partial charge in [0.1, 0.15) is 12.4 Å². The molecule has 3 rings (SSSR count). The third-order valence-electron chi connectivity index (χ3n) is 4.49. The second kappa shape index (κ2) is 9.07. The van der Waals surface area contributed by atoms with Gasteiger partial charge in [-0.1, -0.05) is 11.6 Å². The number of hydrogen-bond donors (Lipinski definition) is 2. The predicted molar refractivity (Wildman–Crippen MR) is 110 cm³/mol. The molecule has 1 fully saturated rings. The number of likely N-dealkylation sites (N-methyl/N-ethyl adjacent to an activating group) is 1. The van der Waals surface area contributed by atoms with Crippen LogP contribution in [0.15, 0.2) is 30.6 Å². The summed E-state index contributed by atoms with van der Waals surface area (Å²) in [5.74, 6) is 1.00. The van der Waals surface area contributed by atoms with Gasteiger partial charge in [0.2, 0.25) is 5.95 Å². The molecule has 2 heterocycles. The number of nitrogens with one attached hydrogen (secondary N) is 1. The number of nitrogens with two attached hydrogens (primary N) is 1. The Morgan fingerprint density at radius 3 is 2.86 bits per heavy atom. The SMILES string of the molecule is CN(C)CCOc1cc(C(=O)N2CC[C@@H](Nc3ncc(Cl)cn3)C2)ccc1N. The summed E-state index contributed by atoms with van der Waals surface area (Å²) in [6.07, 6.45) is 3.90. The lowest BCUT2D eigenvalue weighted by molar-refractivity contribution is 0.0791. The average molecular weight is 405 g/mol. The van der Waals surface area contributed by atoms with E-state index in [2.05, 4.69) is 15.3 Å². The van der Waals surface area contributed by atoms with Crippen molar-refractivity contribution in [3.05, 3.63) is 41.2 Å². The van der Waals surface area contributed by atoms with Gasteiger partial charge in [-0.3, -0.25) is 4.79 Å². The lowest BCUT2D eigenvalue weighted by atomic mass is 10.1. The molecule has 1 aliphatic rings. The number of ether oxygens (including phenoxy) is 1. The molecule has 2 aromatic rings. The highest BCUT2D eigenvalue weighted by Gasteiger charge is 2.27. The smallest absolute Gasteiger partial charge is 0.254 e. The number of nitrogen functional groups attached to an aromatic ring is 1. The van der Waals surface area contributed by atoms with Crippen molar-refractivity contribution in [2.75, 3.05) is 51.4 Å². The Labute approximate surface area is 169 Å². The van der Waals surface area contributed by atoms with Crippen LogP contribution in [-0.4, -0.2) is 72.1 Å². The van der Waals surface area contributed by atoms with E-state index in [1.54, 1.807) is 30.6 Å². The molecule has 28 heavy (non-hydrogen) atoms. The van der Waals surface area contributed by atoms with Crippen molar-refractivity contribution in [2.24, 2.45) is 0 Å². The number of aromatic nitrogens is 2. The molecule has 1 saturated heterocycles. The Hall–Kier alpha value is -2.58. The monoisotopic (exact) mass is 404 g/mol. The summed E-state index contributed by atoms with van der Waals surface area (Å²) in [7, 11) is 3.94. The highest BCUT2D eigenvalue weighted by Crippen LogP contribution is 2.25. The van der Waals surface area contributed by atoms with Crippen LogP contribution in [-0.2, 0) is 0 Å². The largest absolute Gasteiger partial charge is 0.490 e. The van der Waals surface area contributed by atoms with E-state index in [0.29, 0.717) is 47.7 Å². The Morgan fingerprint density at radius 2 is 2.14 bits per heavy atom. The number of hydrogen-bond acceptors (Lipinski definition) is 7. The topological polar surface area (TPSA) is 96.6 Å². The van der Waals surface area contributed by atoms with E-state index in [-0.39, 0.29) is 11.9 Å². The van der Waals surface area contributed by atoms with Crippen LogP contribution < -0.4 is 15.8 Å². The van der Waals surface area contributed by atoms with Crippen molar-refractivity contribution in [2.45, 2.75) is 12.5 Å². The van der Waals surface area contributed by atoms with E-state index in [1.165, 1.54) is 0 Å². The number of rotatable bonds is 7. The number of carbonyl (C=O) groups excluding carboxylic acids is 1. The molecule has 0 aliphatic carbocycles. The van der Waals surface area contributed by atoms with Crippen molar-refractivity contribution in [1.82, 2.24) is 19.8 Å². The first-order valence-electron chi connectivity index (χ1n) is 9.13. The zero-order valence-electron chi connectivity index (χ0n) is 16.1. The van der Waals surface area contributed by atoms with E-state index in [9.17, 15) is 4.79 Å². The van der Waals surface area contributed by atoms with E-state index in [4.69, 9.17) is 22.1 Å². The number of carbonyl (C=O) groups is 1. The van der Waals surface area contributed by atoms with Gasteiger partial charge in [-0.2, -0.15) is 0 Å². The summed E-state index contributed by atoms with van der Waals surface area (Å²) in [5.41, 5.74) is 7.07. The third kappa shape index (κ3) is 5.24. The fourth-order valence-electron chi connectivity index (χ4n) is 2.95. The molecule has 0 saturated carbocycles. The summed E-state index contributed by atoms with van der Waals surface area (Å²) >= 11 is 5.80. The average Bonchev–Trinajstić information content (AvgIpc) is 3.13. The Morgan fingerprint density at radius 1 is 1.39 bits per heavy atom. The van der Waals surface area contributed by atoms with E-state index < -0.39 is 0 Å². The first-order valence-corrected chi connectivity index (χ1v) is 9.50. The number of anilines is 2. The summed E-state index contributed by atoms with van der Waals surface area (Å²) in [4.78, 5) is 25.0. The molecule has 1 aliphatic heterocycles. The number of halogens is 1. The quantitative estimate of drug-likeness (QED) is 0.681. The Kier molecular flexibility index (Phi) is 6.53. The molecule has 0 bridgehead atoms. The minimum Gasteiger partial charge on any atom is -0.490 e. The van der Waals surface area contributed by atoms with Gasteiger partial charge >= 0.3 is 0 Å². The number of amides is 1. The minimum absolute atomic E-state index is 0.0428. The first kappa shape index (κ1) is 20.2. The third-order valence-corrected chi connectivity index (χ3v) is 4.68. The summed E-state index contributed by atoms with van der Waals surface area (Å²) in [5, 5.41) is 3.73. The van der Waals surface area contributed by atoms with Crippen molar-refractivity contribution >= 4 is 29.1 Å². The maximum Gasteiger partial charge on any atom is 0.254 e. The van der Waals surface area contributed by atoms with Crippen molar-refractivity contribution in [1.29, 1.82) is 0 Å². The standard InChI is InChI=1S/C19H25ClN6O2/c1-25(2)7-8-28-17-9-13(3-4-16(17)21)18(27)26-6-5-15(12-26)24-19-22-10-14(20)11-23-19/h3-4,9-11,15H,5-8,12,21H2,1-2H3,(H,22,23,24)/t15-/m1/s1.